The zero-order valence-corrected chi connectivity index (χ0v) is 20.3. The fourth-order valence-electron chi connectivity index (χ4n) is 4.31. The number of ketones is 1. The molecule has 0 aliphatic heterocycles. The number of aliphatic carboxylic acids is 1. The number of hydrogen-bond acceptors (Lipinski definition) is 4. The second kappa shape index (κ2) is 10.0. The van der Waals surface area contributed by atoms with Crippen LogP contribution in [-0.2, 0) is 4.79 Å². The molecular formula is C28H24F3NO5. The molecule has 6 nitrogen and oxygen atoms in total. The van der Waals surface area contributed by atoms with E-state index < -0.39 is 24.2 Å². The van der Waals surface area contributed by atoms with E-state index in [9.17, 15) is 27.9 Å². The number of aryl methyl sites for hydroxylation is 1. The molecule has 1 atom stereocenters. The van der Waals surface area contributed by atoms with Crippen LogP contribution in [0.5, 0.6) is 11.5 Å². The highest BCUT2D eigenvalue weighted by molar-refractivity contribution is 6.18. The van der Waals surface area contributed by atoms with E-state index in [2.05, 4.69) is 4.74 Å². The molecule has 0 aliphatic rings. The Bertz CT molecular complexity index is 1490. The van der Waals surface area contributed by atoms with Crippen molar-refractivity contribution in [2.75, 3.05) is 0 Å². The summed E-state index contributed by atoms with van der Waals surface area (Å²) in [6.07, 6.45) is -5.72. The van der Waals surface area contributed by atoms with Crippen molar-refractivity contribution in [1.82, 2.24) is 4.57 Å². The van der Waals surface area contributed by atoms with Crippen molar-refractivity contribution in [2.24, 2.45) is 0 Å². The summed E-state index contributed by atoms with van der Waals surface area (Å²) in [6.45, 7) is 5.24. The van der Waals surface area contributed by atoms with Gasteiger partial charge in [0.05, 0.1) is 11.1 Å². The smallest absolute Gasteiger partial charge is 0.479 e. The highest BCUT2D eigenvalue weighted by atomic mass is 19.4. The number of benzene rings is 3. The maximum atomic E-state index is 13.6. The Morgan fingerprint density at radius 1 is 0.973 bits per heavy atom. The molecule has 0 amide bonds. The first-order chi connectivity index (χ1) is 17.5. The van der Waals surface area contributed by atoms with Gasteiger partial charge in [-0.05, 0) is 50.6 Å². The molecule has 1 heterocycles. The quantitative estimate of drug-likeness (QED) is 0.269. The van der Waals surface area contributed by atoms with Gasteiger partial charge in [-0.2, -0.15) is 0 Å². The second-order valence-corrected chi connectivity index (χ2v) is 8.57. The minimum atomic E-state index is -4.89. The first-order valence-corrected chi connectivity index (χ1v) is 11.5. The molecule has 1 aromatic heterocycles. The lowest BCUT2D eigenvalue weighted by atomic mass is 9.99. The zero-order chi connectivity index (χ0) is 26.9. The van der Waals surface area contributed by atoms with Crippen LogP contribution >= 0.6 is 0 Å². The van der Waals surface area contributed by atoms with Gasteiger partial charge in [0.2, 0.25) is 0 Å². The highest BCUT2D eigenvalue weighted by Crippen LogP contribution is 2.35. The van der Waals surface area contributed by atoms with Gasteiger partial charge in [0.1, 0.15) is 11.5 Å². The summed E-state index contributed by atoms with van der Waals surface area (Å²) < 4.78 is 50.3. The minimum Gasteiger partial charge on any atom is -0.479 e. The fourth-order valence-corrected chi connectivity index (χ4v) is 4.31. The van der Waals surface area contributed by atoms with E-state index in [0.717, 1.165) is 5.56 Å². The van der Waals surface area contributed by atoms with E-state index >= 15 is 0 Å². The third kappa shape index (κ3) is 5.45. The average Bonchev–Trinajstić information content (AvgIpc) is 3.12. The fraction of sp³-hybridized carbons (Fsp3) is 0.214. The molecule has 0 fully saturated rings. The maximum absolute atomic E-state index is 13.6. The van der Waals surface area contributed by atoms with Gasteiger partial charge in [-0.1, -0.05) is 36.8 Å². The number of ether oxygens (including phenoxy) is 2. The van der Waals surface area contributed by atoms with E-state index in [-0.39, 0.29) is 18.0 Å². The van der Waals surface area contributed by atoms with Crippen molar-refractivity contribution in [1.29, 1.82) is 0 Å². The first kappa shape index (κ1) is 25.8. The van der Waals surface area contributed by atoms with Gasteiger partial charge in [0, 0.05) is 34.5 Å². The molecule has 0 spiro atoms. The van der Waals surface area contributed by atoms with Crippen LogP contribution in [0.3, 0.4) is 0 Å². The SMILES string of the molecule is CCC(Oc1cccc(-n2c(C)c(C(=O)c3cccc(C)c3)c3ccc(OC(F)(F)F)cc32)c1)C(=O)O. The van der Waals surface area contributed by atoms with Crippen molar-refractivity contribution in [2.45, 2.75) is 39.7 Å². The van der Waals surface area contributed by atoms with Crippen LogP contribution < -0.4 is 9.47 Å². The Morgan fingerprint density at radius 2 is 1.70 bits per heavy atom. The van der Waals surface area contributed by atoms with Crippen LogP contribution in [0, 0.1) is 13.8 Å². The Kier molecular flexibility index (Phi) is 6.98. The van der Waals surface area contributed by atoms with Gasteiger partial charge in [0.15, 0.2) is 11.9 Å². The van der Waals surface area contributed by atoms with E-state index in [4.69, 9.17) is 4.74 Å². The number of carbonyl (C=O) groups excluding carboxylic acids is 1. The monoisotopic (exact) mass is 511 g/mol. The standard InChI is InChI=1S/C28H24F3NO5/c1-4-24(27(34)35)36-20-10-6-9-19(14-20)32-17(3)25(26(33)18-8-5-7-16(2)13-18)22-12-11-21(15-23(22)32)37-28(29,30)31/h5-15,24H,4H2,1-3H3,(H,34,35). The molecule has 0 radical (unpaired) electrons. The van der Waals surface area contributed by atoms with Gasteiger partial charge in [-0.15, -0.1) is 13.2 Å². The third-order valence-electron chi connectivity index (χ3n) is 5.92. The molecule has 0 bridgehead atoms. The summed E-state index contributed by atoms with van der Waals surface area (Å²) in [5.41, 5.74) is 2.96. The molecule has 4 rings (SSSR count). The van der Waals surface area contributed by atoms with E-state index in [1.54, 1.807) is 60.9 Å². The molecule has 0 aliphatic carbocycles. The zero-order valence-electron chi connectivity index (χ0n) is 20.3. The first-order valence-electron chi connectivity index (χ1n) is 11.5. The number of alkyl halides is 3. The summed E-state index contributed by atoms with van der Waals surface area (Å²) in [5, 5.41) is 9.79. The van der Waals surface area contributed by atoms with Crippen LogP contribution in [0.1, 0.15) is 40.5 Å². The second-order valence-electron chi connectivity index (χ2n) is 8.57. The van der Waals surface area contributed by atoms with Crippen LogP contribution in [0.2, 0.25) is 0 Å². The molecule has 0 saturated heterocycles. The van der Waals surface area contributed by atoms with Gasteiger partial charge >= 0.3 is 12.3 Å². The van der Waals surface area contributed by atoms with Crippen LogP contribution in [0.4, 0.5) is 13.2 Å². The molecule has 9 heteroatoms. The summed E-state index contributed by atoms with van der Waals surface area (Å²) in [4.78, 5) is 25.0. The lowest BCUT2D eigenvalue weighted by Crippen LogP contribution is -2.25. The molecule has 3 aromatic carbocycles. The molecule has 192 valence electrons. The molecule has 4 aromatic rings. The maximum Gasteiger partial charge on any atom is 0.573 e. The topological polar surface area (TPSA) is 77.8 Å². The number of halogens is 3. The lowest BCUT2D eigenvalue weighted by molar-refractivity contribution is -0.274. The minimum absolute atomic E-state index is 0.234. The number of nitrogens with zero attached hydrogens (tertiary/aromatic N) is 1. The van der Waals surface area contributed by atoms with Crippen LogP contribution in [-0.4, -0.2) is 33.9 Å². The molecule has 1 N–H and O–H groups in total. The summed E-state index contributed by atoms with van der Waals surface area (Å²) in [7, 11) is 0. The Labute approximate surface area is 210 Å². The summed E-state index contributed by atoms with van der Waals surface area (Å²) >= 11 is 0. The molecule has 37 heavy (non-hydrogen) atoms. The predicted molar refractivity (Wildman–Crippen MR) is 132 cm³/mol. The van der Waals surface area contributed by atoms with Crippen LogP contribution in [0.25, 0.3) is 16.6 Å². The number of carboxylic acid groups (broad SMARTS) is 1. The lowest BCUT2D eigenvalue weighted by Gasteiger charge is -2.15. The van der Waals surface area contributed by atoms with Gasteiger partial charge in [-0.3, -0.25) is 4.79 Å². The Morgan fingerprint density at radius 3 is 2.35 bits per heavy atom. The van der Waals surface area contributed by atoms with Gasteiger partial charge in [0.25, 0.3) is 0 Å². The third-order valence-corrected chi connectivity index (χ3v) is 5.92. The van der Waals surface area contributed by atoms with Crippen molar-refractivity contribution in [3.05, 3.63) is 89.1 Å². The van der Waals surface area contributed by atoms with Gasteiger partial charge < -0.3 is 19.1 Å². The number of carboxylic acids is 1. The van der Waals surface area contributed by atoms with E-state index in [1.165, 1.54) is 18.2 Å². The van der Waals surface area contributed by atoms with Crippen molar-refractivity contribution in [3.8, 4) is 17.2 Å². The number of hydrogen-bond donors (Lipinski definition) is 1. The van der Waals surface area contributed by atoms with Crippen molar-refractivity contribution in [3.63, 3.8) is 0 Å². The average molecular weight is 511 g/mol. The number of carbonyl (C=O) groups is 2. The summed E-state index contributed by atoms with van der Waals surface area (Å²) in [5.74, 6) is -1.56. The number of aromatic nitrogens is 1. The van der Waals surface area contributed by atoms with E-state index in [0.29, 0.717) is 33.4 Å². The molecular weight excluding hydrogens is 487 g/mol. The predicted octanol–water partition coefficient (Wildman–Crippen LogP) is 6.62. The number of fused-ring (bicyclic) bond motifs is 1. The van der Waals surface area contributed by atoms with Gasteiger partial charge in [-0.25, -0.2) is 4.79 Å². The number of rotatable bonds is 8. The van der Waals surface area contributed by atoms with Crippen molar-refractivity contribution < 1.29 is 37.3 Å². The van der Waals surface area contributed by atoms with Crippen molar-refractivity contribution >= 4 is 22.7 Å². The molecule has 0 saturated carbocycles. The van der Waals surface area contributed by atoms with E-state index in [1.807, 2.05) is 13.0 Å². The summed E-state index contributed by atoms with van der Waals surface area (Å²) in [6, 6.07) is 17.4. The van der Waals surface area contributed by atoms with Crippen LogP contribution in [0.15, 0.2) is 66.7 Å². The Balaban J connectivity index is 1.92. The molecule has 1 unspecified atom stereocenters. The normalized spacial score (nSPS) is 12.4. The largest absolute Gasteiger partial charge is 0.573 e. The highest BCUT2D eigenvalue weighted by Gasteiger charge is 2.32. The Hall–Kier alpha value is -4.27.